The third-order valence-corrected chi connectivity index (χ3v) is 6.85. The second-order valence-corrected chi connectivity index (χ2v) is 8.63. The van der Waals surface area contributed by atoms with Crippen LogP contribution in [-0.2, 0) is 4.74 Å². The van der Waals surface area contributed by atoms with Crippen molar-refractivity contribution in [2.75, 3.05) is 39.4 Å². The quantitative estimate of drug-likeness (QED) is 0.863. The van der Waals surface area contributed by atoms with Crippen LogP contribution in [0.25, 0.3) is 0 Å². The minimum Gasteiger partial charge on any atom is -0.392 e. The maximum atomic E-state index is 12.5. The molecule has 0 saturated carbocycles. The van der Waals surface area contributed by atoms with Crippen LogP contribution in [0.15, 0.2) is 12.3 Å². The van der Waals surface area contributed by atoms with E-state index < -0.39 is 0 Å². The molecular formula is C18H27N3O3S. The van der Waals surface area contributed by atoms with E-state index in [0.29, 0.717) is 6.04 Å². The Hall–Kier alpha value is -1.02. The van der Waals surface area contributed by atoms with Crippen LogP contribution < -0.4 is 0 Å². The fourth-order valence-corrected chi connectivity index (χ4v) is 5.32. The first-order chi connectivity index (χ1) is 12.2. The average Bonchev–Trinajstić information content (AvgIpc) is 3.17. The summed E-state index contributed by atoms with van der Waals surface area (Å²) in [6.07, 6.45) is 6.41. The number of amides is 1. The van der Waals surface area contributed by atoms with E-state index in [1.165, 1.54) is 11.5 Å². The summed E-state index contributed by atoms with van der Waals surface area (Å²) >= 11 is 1.27. The molecule has 1 aromatic rings. The monoisotopic (exact) mass is 365 g/mol. The van der Waals surface area contributed by atoms with Crippen LogP contribution in [0.1, 0.15) is 41.8 Å². The molecule has 3 fully saturated rings. The minimum atomic E-state index is -0.250. The number of aromatic nitrogens is 1. The predicted octanol–water partition coefficient (Wildman–Crippen LogP) is 1.61. The largest absolute Gasteiger partial charge is 0.392 e. The number of aliphatic hydroxyl groups excluding tert-OH is 1. The lowest BCUT2D eigenvalue weighted by molar-refractivity contribution is -0.0694. The van der Waals surface area contributed by atoms with Crippen molar-refractivity contribution >= 4 is 17.4 Å². The lowest BCUT2D eigenvalue weighted by atomic mass is 9.71. The predicted molar refractivity (Wildman–Crippen MR) is 95.7 cm³/mol. The van der Waals surface area contributed by atoms with Gasteiger partial charge in [0.15, 0.2) is 0 Å². The van der Waals surface area contributed by atoms with Gasteiger partial charge >= 0.3 is 0 Å². The first-order valence-corrected chi connectivity index (χ1v) is 10.1. The van der Waals surface area contributed by atoms with Crippen LogP contribution in [0.4, 0.5) is 0 Å². The third kappa shape index (κ3) is 3.74. The molecule has 1 unspecified atom stereocenters. The number of hydrogen-bond acceptors (Lipinski definition) is 6. The van der Waals surface area contributed by atoms with Gasteiger partial charge in [-0.25, -0.2) is 4.37 Å². The molecule has 4 heterocycles. The van der Waals surface area contributed by atoms with E-state index in [2.05, 4.69) is 9.27 Å². The third-order valence-electron chi connectivity index (χ3n) is 6.12. The summed E-state index contributed by atoms with van der Waals surface area (Å²) in [5, 5.41) is 10.5. The highest BCUT2D eigenvalue weighted by Gasteiger charge is 2.44. The zero-order valence-electron chi connectivity index (χ0n) is 14.6. The van der Waals surface area contributed by atoms with Crippen LogP contribution in [0.5, 0.6) is 0 Å². The molecular weight excluding hydrogens is 338 g/mol. The molecule has 3 saturated heterocycles. The van der Waals surface area contributed by atoms with Gasteiger partial charge in [0.1, 0.15) is 4.88 Å². The highest BCUT2D eigenvalue weighted by molar-refractivity contribution is 7.08. The molecule has 25 heavy (non-hydrogen) atoms. The Morgan fingerprint density at radius 3 is 2.76 bits per heavy atom. The van der Waals surface area contributed by atoms with Crippen molar-refractivity contribution < 1.29 is 14.6 Å². The molecule has 0 radical (unpaired) electrons. The molecule has 1 amide bonds. The zero-order chi connectivity index (χ0) is 17.3. The molecule has 0 bridgehead atoms. The van der Waals surface area contributed by atoms with Gasteiger partial charge < -0.3 is 14.7 Å². The number of nitrogens with zero attached hydrogens (tertiary/aromatic N) is 3. The summed E-state index contributed by atoms with van der Waals surface area (Å²) in [6.45, 7) is 5.08. The smallest absolute Gasteiger partial charge is 0.265 e. The van der Waals surface area contributed by atoms with Crippen molar-refractivity contribution in [2.24, 2.45) is 5.41 Å². The van der Waals surface area contributed by atoms with Crippen molar-refractivity contribution in [3.05, 3.63) is 17.1 Å². The summed E-state index contributed by atoms with van der Waals surface area (Å²) < 4.78 is 9.53. The standard InChI is InChI=1S/C18H27N3O3S/c22-15-11-18(13-21(12-15)14-2-9-24-10-3-14)4-7-20(8-5-18)17(23)16-1-6-19-25-16/h1,6,14-15,22H,2-5,7-13H2. The van der Waals surface area contributed by atoms with Crippen molar-refractivity contribution in [1.29, 1.82) is 0 Å². The highest BCUT2D eigenvalue weighted by atomic mass is 32.1. The van der Waals surface area contributed by atoms with Gasteiger partial charge in [-0.1, -0.05) is 0 Å². The number of likely N-dealkylation sites (tertiary alicyclic amines) is 2. The zero-order valence-corrected chi connectivity index (χ0v) is 15.4. The van der Waals surface area contributed by atoms with Crippen molar-refractivity contribution in [2.45, 2.75) is 44.2 Å². The van der Waals surface area contributed by atoms with Gasteiger partial charge in [-0.2, -0.15) is 0 Å². The van der Waals surface area contributed by atoms with Crippen molar-refractivity contribution in [3.8, 4) is 0 Å². The van der Waals surface area contributed by atoms with Gasteiger partial charge in [0, 0.05) is 51.6 Å². The van der Waals surface area contributed by atoms with E-state index in [9.17, 15) is 9.90 Å². The Kier molecular flexibility index (Phi) is 5.08. The Morgan fingerprint density at radius 1 is 1.32 bits per heavy atom. The van der Waals surface area contributed by atoms with Gasteiger partial charge in [-0.05, 0) is 55.1 Å². The molecule has 7 heteroatoms. The molecule has 1 N–H and O–H groups in total. The number of ether oxygens (including phenoxy) is 1. The van der Waals surface area contributed by atoms with Gasteiger partial charge in [0.25, 0.3) is 5.91 Å². The topological polar surface area (TPSA) is 65.9 Å². The maximum Gasteiger partial charge on any atom is 0.265 e. The molecule has 1 spiro atoms. The van der Waals surface area contributed by atoms with E-state index in [4.69, 9.17) is 4.74 Å². The molecule has 4 rings (SSSR count). The molecule has 0 aromatic carbocycles. The summed E-state index contributed by atoms with van der Waals surface area (Å²) in [4.78, 5) is 17.7. The fraction of sp³-hybridized carbons (Fsp3) is 0.778. The van der Waals surface area contributed by atoms with Crippen LogP contribution in [-0.4, -0.2) is 76.7 Å². The maximum absolute atomic E-state index is 12.5. The van der Waals surface area contributed by atoms with Crippen LogP contribution in [0.3, 0.4) is 0 Å². The van der Waals surface area contributed by atoms with E-state index in [0.717, 1.165) is 76.4 Å². The van der Waals surface area contributed by atoms with Crippen molar-refractivity contribution in [1.82, 2.24) is 14.2 Å². The molecule has 3 aliphatic heterocycles. The molecule has 3 aliphatic rings. The Balaban J connectivity index is 1.39. The van der Waals surface area contributed by atoms with Crippen LogP contribution in [0.2, 0.25) is 0 Å². The second-order valence-electron chi connectivity index (χ2n) is 7.80. The second kappa shape index (κ2) is 7.31. The van der Waals surface area contributed by atoms with Crippen molar-refractivity contribution in [3.63, 3.8) is 0 Å². The molecule has 6 nitrogen and oxygen atoms in total. The molecule has 1 aromatic heterocycles. The lowest BCUT2D eigenvalue weighted by Crippen LogP contribution is -2.57. The van der Waals surface area contributed by atoms with E-state index in [1.807, 2.05) is 4.90 Å². The van der Waals surface area contributed by atoms with E-state index in [-0.39, 0.29) is 17.4 Å². The Bertz CT molecular complexity index is 580. The molecule has 1 atom stereocenters. The van der Waals surface area contributed by atoms with Gasteiger partial charge in [0.2, 0.25) is 0 Å². The summed E-state index contributed by atoms with van der Waals surface area (Å²) in [5.74, 6) is 0.106. The normalized spacial score (nSPS) is 28.4. The molecule has 0 aliphatic carbocycles. The SMILES string of the molecule is O=C(c1ccns1)N1CCC2(CC1)CC(O)CN(C1CCOCC1)C2. The van der Waals surface area contributed by atoms with Crippen LogP contribution >= 0.6 is 11.5 Å². The first kappa shape index (κ1) is 17.4. The van der Waals surface area contributed by atoms with Gasteiger partial charge in [-0.3, -0.25) is 9.69 Å². The minimum absolute atomic E-state index is 0.106. The highest BCUT2D eigenvalue weighted by Crippen LogP contribution is 2.41. The molecule has 138 valence electrons. The summed E-state index contributed by atoms with van der Waals surface area (Å²) in [6, 6.07) is 2.34. The number of rotatable bonds is 2. The first-order valence-electron chi connectivity index (χ1n) is 9.35. The van der Waals surface area contributed by atoms with E-state index in [1.54, 1.807) is 12.3 Å². The lowest BCUT2D eigenvalue weighted by Gasteiger charge is -2.51. The number of aliphatic hydroxyl groups is 1. The van der Waals surface area contributed by atoms with Gasteiger partial charge in [0.05, 0.1) is 6.10 Å². The number of β-amino-alcohol motifs (C(OH)–C–C–N with tert-alkyl or cyclic N) is 1. The average molecular weight is 365 g/mol. The summed E-state index contributed by atoms with van der Waals surface area (Å²) in [5.41, 5.74) is 0.153. The summed E-state index contributed by atoms with van der Waals surface area (Å²) in [7, 11) is 0. The Labute approximate surface area is 152 Å². The number of carbonyl (C=O) groups is 1. The number of carbonyl (C=O) groups excluding carboxylic acids is 1. The number of piperidine rings is 2. The van der Waals surface area contributed by atoms with E-state index >= 15 is 0 Å². The van der Waals surface area contributed by atoms with Gasteiger partial charge in [-0.15, -0.1) is 0 Å². The van der Waals surface area contributed by atoms with Crippen LogP contribution in [0, 0.1) is 5.41 Å². The fourth-order valence-electron chi connectivity index (χ4n) is 4.75. The number of hydrogen-bond donors (Lipinski definition) is 1. The Morgan fingerprint density at radius 2 is 2.08 bits per heavy atom.